The summed E-state index contributed by atoms with van der Waals surface area (Å²) < 4.78 is 5.10. The summed E-state index contributed by atoms with van der Waals surface area (Å²) in [5.41, 5.74) is 1.51. The Morgan fingerprint density at radius 2 is 2.29 bits per heavy atom. The van der Waals surface area contributed by atoms with Crippen LogP contribution in [-0.4, -0.2) is 11.8 Å². The highest BCUT2D eigenvalue weighted by molar-refractivity contribution is 7.16. The highest BCUT2D eigenvalue weighted by atomic mass is 32.1. The van der Waals surface area contributed by atoms with Crippen LogP contribution in [0.15, 0.2) is 22.8 Å². The number of nitrogens with zero attached hydrogens (tertiary/aromatic N) is 1. The molecule has 2 heterocycles. The van der Waals surface area contributed by atoms with E-state index in [9.17, 15) is 14.9 Å². The molecule has 0 radical (unpaired) electrons. The van der Waals surface area contributed by atoms with Crippen LogP contribution in [0.4, 0.5) is 5.00 Å². The highest BCUT2D eigenvalue weighted by Gasteiger charge is 2.25. The van der Waals surface area contributed by atoms with Crippen LogP contribution in [0.25, 0.3) is 0 Å². The third-order valence-corrected chi connectivity index (χ3v) is 5.23. The first-order chi connectivity index (χ1) is 11.6. The molecule has 2 aromatic rings. The molecular weight excluding hydrogens is 326 g/mol. The van der Waals surface area contributed by atoms with E-state index in [0.717, 1.165) is 29.7 Å². The minimum atomic E-state index is -0.773. The van der Waals surface area contributed by atoms with Crippen molar-refractivity contribution in [2.24, 2.45) is 5.92 Å². The molecule has 0 fully saturated rings. The van der Waals surface area contributed by atoms with Gasteiger partial charge in [0.05, 0.1) is 18.4 Å². The molecule has 2 aromatic heterocycles. The molecular formula is C17H17N3O3S. The SMILES string of the molecule is C[C@@H]1CCc2c(sc(NC(=O)C(=O)NCc3ccco3)c2C#N)C1. The summed E-state index contributed by atoms with van der Waals surface area (Å²) in [5.74, 6) is -0.392. The largest absolute Gasteiger partial charge is 0.467 e. The van der Waals surface area contributed by atoms with Gasteiger partial charge in [-0.2, -0.15) is 5.26 Å². The number of fused-ring (bicyclic) bond motifs is 1. The second kappa shape index (κ2) is 6.89. The fourth-order valence-electron chi connectivity index (χ4n) is 2.78. The maximum atomic E-state index is 12.1. The summed E-state index contributed by atoms with van der Waals surface area (Å²) >= 11 is 1.40. The molecule has 1 atom stereocenters. The molecule has 0 bridgehead atoms. The summed E-state index contributed by atoms with van der Waals surface area (Å²) in [6.07, 6.45) is 4.29. The number of hydrogen-bond donors (Lipinski definition) is 2. The quantitative estimate of drug-likeness (QED) is 0.837. The fourth-order valence-corrected chi connectivity index (χ4v) is 4.13. The van der Waals surface area contributed by atoms with Crippen molar-refractivity contribution >= 4 is 28.2 Å². The van der Waals surface area contributed by atoms with Gasteiger partial charge < -0.3 is 15.1 Å². The number of rotatable bonds is 3. The van der Waals surface area contributed by atoms with E-state index in [0.29, 0.717) is 22.2 Å². The third-order valence-electron chi connectivity index (χ3n) is 4.06. The normalized spacial score (nSPS) is 16.1. The molecule has 1 aliphatic carbocycles. The summed E-state index contributed by atoms with van der Waals surface area (Å²) in [5, 5.41) is 14.9. The van der Waals surface area contributed by atoms with Gasteiger partial charge in [0.15, 0.2) is 0 Å². The van der Waals surface area contributed by atoms with Gasteiger partial charge in [-0.3, -0.25) is 9.59 Å². The van der Waals surface area contributed by atoms with E-state index in [2.05, 4.69) is 23.6 Å². The fraction of sp³-hybridized carbons (Fsp3) is 0.353. The number of amides is 2. The van der Waals surface area contributed by atoms with E-state index in [1.165, 1.54) is 17.6 Å². The molecule has 2 N–H and O–H groups in total. The standard InChI is InChI=1S/C17H17N3O3S/c1-10-4-5-12-13(8-18)17(24-14(12)7-10)20-16(22)15(21)19-9-11-3-2-6-23-11/h2-3,6,10H,4-5,7,9H2,1H3,(H,19,21)(H,20,22)/t10-/m1/s1. The van der Waals surface area contributed by atoms with E-state index in [1.807, 2.05) is 0 Å². The number of nitrogens with one attached hydrogen (secondary N) is 2. The van der Waals surface area contributed by atoms with Crippen LogP contribution < -0.4 is 10.6 Å². The lowest BCUT2D eigenvalue weighted by Crippen LogP contribution is -2.34. The zero-order valence-electron chi connectivity index (χ0n) is 13.2. The first-order valence-electron chi connectivity index (χ1n) is 7.74. The van der Waals surface area contributed by atoms with Crippen molar-refractivity contribution in [1.29, 1.82) is 5.26 Å². The summed E-state index contributed by atoms with van der Waals surface area (Å²) in [4.78, 5) is 25.1. The van der Waals surface area contributed by atoms with Gasteiger partial charge in [-0.1, -0.05) is 6.92 Å². The smallest absolute Gasteiger partial charge is 0.314 e. The van der Waals surface area contributed by atoms with Gasteiger partial charge in [-0.25, -0.2) is 0 Å². The number of carbonyl (C=O) groups is 2. The predicted octanol–water partition coefficient (Wildman–Crippen LogP) is 2.59. The average molecular weight is 343 g/mol. The maximum Gasteiger partial charge on any atom is 0.314 e. The van der Waals surface area contributed by atoms with Crippen molar-refractivity contribution < 1.29 is 14.0 Å². The Bertz CT molecular complexity index is 802. The Balaban J connectivity index is 1.68. The molecule has 124 valence electrons. The van der Waals surface area contributed by atoms with E-state index in [1.54, 1.807) is 12.1 Å². The molecule has 24 heavy (non-hydrogen) atoms. The molecule has 0 aliphatic heterocycles. The number of carbonyl (C=O) groups excluding carboxylic acids is 2. The van der Waals surface area contributed by atoms with Crippen molar-refractivity contribution in [3.8, 4) is 6.07 Å². The number of anilines is 1. The minimum absolute atomic E-state index is 0.142. The van der Waals surface area contributed by atoms with Crippen molar-refractivity contribution in [1.82, 2.24) is 5.32 Å². The van der Waals surface area contributed by atoms with Gasteiger partial charge >= 0.3 is 11.8 Å². The van der Waals surface area contributed by atoms with E-state index >= 15 is 0 Å². The van der Waals surface area contributed by atoms with Crippen molar-refractivity contribution in [3.05, 3.63) is 40.2 Å². The molecule has 0 saturated heterocycles. The first kappa shape index (κ1) is 16.3. The van der Waals surface area contributed by atoms with Crippen LogP contribution in [0.3, 0.4) is 0 Å². The van der Waals surface area contributed by atoms with Crippen molar-refractivity contribution in [2.75, 3.05) is 5.32 Å². The van der Waals surface area contributed by atoms with Gasteiger partial charge in [0.25, 0.3) is 0 Å². The monoisotopic (exact) mass is 343 g/mol. The molecule has 0 saturated carbocycles. The highest BCUT2D eigenvalue weighted by Crippen LogP contribution is 2.39. The Kier molecular flexibility index (Phi) is 4.67. The molecule has 2 amide bonds. The number of nitriles is 1. The molecule has 1 aliphatic rings. The topological polar surface area (TPSA) is 95.1 Å². The second-order valence-corrected chi connectivity index (χ2v) is 6.99. The van der Waals surface area contributed by atoms with Crippen molar-refractivity contribution in [2.45, 2.75) is 32.7 Å². The molecule has 0 spiro atoms. The average Bonchev–Trinajstić information content (AvgIpc) is 3.19. The van der Waals surface area contributed by atoms with E-state index in [-0.39, 0.29) is 6.54 Å². The van der Waals surface area contributed by atoms with Crippen LogP contribution in [0, 0.1) is 17.2 Å². The van der Waals surface area contributed by atoms with Crippen LogP contribution in [0.5, 0.6) is 0 Å². The Morgan fingerprint density at radius 1 is 1.46 bits per heavy atom. The number of thiophene rings is 1. The van der Waals surface area contributed by atoms with Crippen molar-refractivity contribution in [3.63, 3.8) is 0 Å². The zero-order valence-corrected chi connectivity index (χ0v) is 14.0. The van der Waals surface area contributed by atoms with Gasteiger partial charge in [0.2, 0.25) is 0 Å². The first-order valence-corrected chi connectivity index (χ1v) is 8.56. The number of hydrogen-bond acceptors (Lipinski definition) is 5. The maximum absolute atomic E-state index is 12.1. The van der Waals surface area contributed by atoms with Crippen LogP contribution in [0.1, 0.15) is 35.1 Å². The molecule has 3 rings (SSSR count). The predicted molar refractivity (Wildman–Crippen MR) is 89.4 cm³/mol. The van der Waals surface area contributed by atoms with Gasteiger partial charge in [0.1, 0.15) is 16.8 Å². The minimum Gasteiger partial charge on any atom is -0.467 e. The third kappa shape index (κ3) is 3.34. The van der Waals surface area contributed by atoms with Crippen LogP contribution in [-0.2, 0) is 29.0 Å². The van der Waals surface area contributed by atoms with Crippen LogP contribution >= 0.6 is 11.3 Å². The lowest BCUT2D eigenvalue weighted by molar-refractivity contribution is -0.136. The summed E-state index contributed by atoms with van der Waals surface area (Å²) in [7, 11) is 0. The Hall–Kier alpha value is -2.59. The molecule has 0 unspecified atom stereocenters. The number of furan rings is 1. The Morgan fingerprint density at radius 3 is 3.00 bits per heavy atom. The molecule has 6 nitrogen and oxygen atoms in total. The van der Waals surface area contributed by atoms with Gasteiger partial charge in [0, 0.05) is 4.88 Å². The molecule has 0 aromatic carbocycles. The van der Waals surface area contributed by atoms with E-state index in [4.69, 9.17) is 4.42 Å². The lowest BCUT2D eigenvalue weighted by Gasteiger charge is -2.17. The Labute approximate surface area is 143 Å². The van der Waals surface area contributed by atoms with E-state index < -0.39 is 11.8 Å². The summed E-state index contributed by atoms with van der Waals surface area (Å²) in [6, 6.07) is 5.58. The van der Waals surface area contributed by atoms with Crippen LogP contribution in [0.2, 0.25) is 0 Å². The molecule has 7 heteroatoms. The summed E-state index contributed by atoms with van der Waals surface area (Å²) in [6.45, 7) is 2.32. The van der Waals surface area contributed by atoms with Gasteiger partial charge in [-0.05, 0) is 42.9 Å². The zero-order chi connectivity index (χ0) is 17.1. The van der Waals surface area contributed by atoms with Gasteiger partial charge in [-0.15, -0.1) is 11.3 Å². The lowest BCUT2D eigenvalue weighted by atomic mass is 9.89. The second-order valence-electron chi connectivity index (χ2n) is 5.88.